The maximum absolute atomic E-state index is 12.8. The zero-order valence-corrected chi connectivity index (χ0v) is 29.1. The average Bonchev–Trinajstić information content (AvgIpc) is 3.88. The van der Waals surface area contributed by atoms with E-state index in [0.29, 0.717) is 28.8 Å². The van der Waals surface area contributed by atoms with Crippen molar-refractivity contribution < 1.29 is 14.2 Å². The van der Waals surface area contributed by atoms with Crippen LogP contribution >= 0.6 is 23.2 Å². The highest BCUT2D eigenvalue weighted by Crippen LogP contribution is 2.40. The number of halogens is 2. The zero-order valence-electron chi connectivity index (χ0n) is 27.6. The molecule has 0 N–H and O–H groups in total. The van der Waals surface area contributed by atoms with E-state index in [1.54, 1.807) is 38.7 Å². The molecule has 2 aromatic carbocycles. The van der Waals surface area contributed by atoms with Gasteiger partial charge in [0.1, 0.15) is 31.6 Å². The predicted molar refractivity (Wildman–Crippen MR) is 187 cm³/mol. The smallest absolute Gasteiger partial charge is 0.350 e. The molecule has 4 heterocycles. The quantitative estimate of drug-likeness (QED) is 0.208. The van der Waals surface area contributed by atoms with Crippen LogP contribution in [0.1, 0.15) is 38.3 Å². The molecule has 12 nitrogen and oxygen atoms in total. The maximum atomic E-state index is 12.8. The van der Waals surface area contributed by atoms with E-state index in [9.17, 15) is 4.79 Å². The number of piperazine rings is 1. The van der Waals surface area contributed by atoms with Crippen LogP contribution in [0.25, 0.3) is 5.69 Å². The topological polar surface area (TPSA) is 105 Å². The third-order valence-electron chi connectivity index (χ3n) is 9.41. The molecule has 49 heavy (non-hydrogen) atoms. The summed E-state index contributed by atoms with van der Waals surface area (Å²) in [5, 5.41) is 9.54. The van der Waals surface area contributed by atoms with E-state index in [0.717, 1.165) is 50.4 Å². The third kappa shape index (κ3) is 7.20. The first-order valence-corrected chi connectivity index (χ1v) is 17.4. The first-order valence-electron chi connectivity index (χ1n) is 16.7. The number of anilines is 1. The SMILES string of the molecule is CC[C@H](C)n1ncn(-c2ccc(N3CCN(C4=CCC(OC[C@@H]5CO[C@@](Cn6cncn6)(c6ccc(Cl)cc6Cl)O5)C=C4)CC3)cc2)c1=O. The summed E-state index contributed by atoms with van der Waals surface area (Å²) in [7, 11) is 0. The fraction of sp³-hybridized carbons (Fsp3) is 0.429. The Bertz CT molecular complexity index is 1850. The van der Waals surface area contributed by atoms with Gasteiger partial charge >= 0.3 is 5.69 Å². The van der Waals surface area contributed by atoms with Crippen LogP contribution in [0.4, 0.5) is 5.69 Å². The van der Waals surface area contributed by atoms with Crippen LogP contribution in [0.15, 0.2) is 90.2 Å². The number of allylic oxidation sites excluding steroid dienone is 1. The number of nitrogens with zero attached hydrogens (tertiary/aromatic N) is 8. The van der Waals surface area contributed by atoms with Gasteiger partial charge in [0.25, 0.3) is 0 Å². The lowest BCUT2D eigenvalue weighted by molar-refractivity contribution is -0.193. The molecule has 1 unspecified atom stereocenters. The molecular weight excluding hydrogens is 667 g/mol. The molecule has 0 amide bonds. The Morgan fingerprint density at radius 1 is 1.02 bits per heavy atom. The predicted octanol–water partition coefficient (Wildman–Crippen LogP) is 5.22. The molecule has 0 spiro atoms. The second kappa shape index (κ2) is 14.5. The Morgan fingerprint density at radius 2 is 1.80 bits per heavy atom. The van der Waals surface area contributed by atoms with E-state index in [-0.39, 0.29) is 30.5 Å². The van der Waals surface area contributed by atoms with Crippen molar-refractivity contribution in [1.29, 1.82) is 0 Å². The molecule has 2 saturated heterocycles. The number of hydrogen-bond donors (Lipinski definition) is 0. The van der Waals surface area contributed by atoms with Crippen molar-refractivity contribution >= 4 is 28.9 Å². The van der Waals surface area contributed by atoms with Gasteiger partial charge in [-0.05, 0) is 62.2 Å². The van der Waals surface area contributed by atoms with Crippen molar-refractivity contribution in [2.24, 2.45) is 0 Å². The largest absolute Gasteiger partial charge is 0.371 e. The molecule has 2 aliphatic heterocycles. The normalized spacial score (nSPS) is 23.2. The molecule has 4 aromatic rings. The molecule has 14 heteroatoms. The first-order chi connectivity index (χ1) is 23.8. The Balaban J connectivity index is 0.898. The van der Waals surface area contributed by atoms with E-state index in [1.165, 1.54) is 12.0 Å². The molecule has 3 aliphatic rings. The van der Waals surface area contributed by atoms with E-state index in [4.69, 9.17) is 37.4 Å². The van der Waals surface area contributed by atoms with Crippen molar-refractivity contribution in [2.45, 2.75) is 57.3 Å². The Labute approximate surface area is 295 Å². The highest BCUT2D eigenvalue weighted by molar-refractivity contribution is 6.35. The van der Waals surface area contributed by atoms with Gasteiger partial charge in [0, 0.05) is 48.1 Å². The average molecular weight is 708 g/mol. The lowest BCUT2D eigenvalue weighted by atomic mass is 10.1. The van der Waals surface area contributed by atoms with E-state index >= 15 is 0 Å². The molecule has 7 rings (SSSR count). The number of rotatable bonds is 11. The van der Waals surface area contributed by atoms with Gasteiger partial charge in [0.2, 0.25) is 5.79 Å². The van der Waals surface area contributed by atoms with Crippen LogP contribution in [0.5, 0.6) is 0 Å². The van der Waals surface area contributed by atoms with Gasteiger partial charge in [-0.15, -0.1) is 0 Å². The van der Waals surface area contributed by atoms with Gasteiger partial charge in [0.15, 0.2) is 0 Å². The standard InChI is InChI=1S/C35H40Cl2N8O4/c1-3-25(2)45-34(46)44(24-40-45)29-7-5-27(6-8-29)41-14-16-42(17-15-41)28-9-11-30(12-10-28)47-19-31-20-48-35(49-31,21-43-23-38-22-39-43)32-13-4-26(36)18-33(32)37/h4-11,13,18,22-25,30-31H,3,12,14-17,19-21H2,1-2H3/t25-,30?,31+,35+/m0/s1. The van der Waals surface area contributed by atoms with Gasteiger partial charge in [-0.1, -0.05) is 48.3 Å². The second-order valence-corrected chi connectivity index (χ2v) is 13.4. The minimum atomic E-state index is -1.14. The van der Waals surface area contributed by atoms with Crippen molar-refractivity contribution in [3.63, 3.8) is 0 Å². The van der Waals surface area contributed by atoms with Crippen molar-refractivity contribution in [3.8, 4) is 5.69 Å². The van der Waals surface area contributed by atoms with Crippen LogP contribution in [-0.4, -0.2) is 85.6 Å². The van der Waals surface area contributed by atoms with Gasteiger partial charge in [0.05, 0.1) is 36.1 Å². The van der Waals surface area contributed by atoms with Crippen molar-refractivity contribution in [1.82, 2.24) is 34.0 Å². The molecule has 0 bridgehead atoms. The number of benzene rings is 2. The van der Waals surface area contributed by atoms with Gasteiger partial charge in [-0.2, -0.15) is 10.2 Å². The van der Waals surface area contributed by atoms with Crippen molar-refractivity contribution in [2.75, 3.05) is 44.3 Å². The van der Waals surface area contributed by atoms with Gasteiger partial charge in [-0.25, -0.2) is 23.7 Å². The number of ether oxygens (including phenoxy) is 3. The summed E-state index contributed by atoms with van der Waals surface area (Å²) in [5.74, 6) is -1.14. The minimum absolute atomic E-state index is 0.0543. The summed E-state index contributed by atoms with van der Waals surface area (Å²) >= 11 is 12.8. The van der Waals surface area contributed by atoms with Crippen LogP contribution in [0, 0.1) is 0 Å². The maximum Gasteiger partial charge on any atom is 0.350 e. The van der Waals surface area contributed by atoms with E-state index in [1.807, 2.05) is 25.1 Å². The molecule has 4 atom stereocenters. The molecular formula is C35H40Cl2N8O4. The van der Waals surface area contributed by atoms with Crippen LogP contribution in [0.3, 0.4) is 0 Å². The van der Waals surface area contributed by atoms with Gasteiger partial charge < -0.3 is 24.0 Å². The molecule has 1 aliphatic carbocycles. The summed E-state index contributed by atoms with van der Waals surface area (Å²) in [6.07, 6.45) is 12.5. The van der Waals surface area contributed by atoms with Crippen LogP contribution in [-0.2, 0) is 26.5 Å². The van der Waals surface area contributed by atoms with Crippen LogP contribution in [0.2, 0.25) is 10.0 Å². The van der Waals surface area contributed by atoms with Gasteiger partial charge in [-0.3, -0.25) is 0 Å². The summed E-state index contributed by atoms with van der Waals surface area (Å²) in [4.78, 5) is 21.7. The highest BCUT2D eigenvalue weighted by Gasteiger charge is 2.45. The first kappa shape index (κ1) is 33.6. The number of hydrogen-bond acceptors (Lipinski definition) is 9. The fourth-order valence-corrected chi connectivity index (χ4v) is 7.03. The summed E-state index contributed by atoms with van der Waals surface area (Å²) in [5.41, 5.74) is 3.76. The second-order valence-electron chi connectivity index (χ2n) is 12.6. The van der Waals surface area contributed by atoms with E-state index < -0.39 is 5.79 Å². The fourth-order valence-electron chi connectivity index (χ4n) is 6.48. The summed E-state index contributed by atoms with van der Waals surface area (Å²) in [6, 6.07) is 13.5. The lowest BCUT2D eigenvalue weighted by Crippen LogP contribution is -2.45. The Hall–Kier alpha value is -3.94. The number of aromatic nitrogens is 6. The van der Waals surface area contributed by atoms with E-state index in [2.05, 4.69) is 62.3 Å². The molecule has 258 valence electrons. The minimum Gasteiger partial charge on any atom is -0.371 e. The van der Waals surface area contributed by atoms with Crippen molar-refractivity contribution in [3.05, 3.63) is 111 Å². The molecule has 0 radical (unpaired) electrons. The molecule has 2 fully saturated rings. The summed E-state index contributed by atoms with van der Waals surface area (Å²) in [6.45, 7) is 8.70. The molecule has 2 aromatic heterocycles. The lowest BCUT2D eigenvalue weighted by Gasteiger charge is -2.38. The monoisotopic (exact) mass is 706 g/mol. The highest BCUT2D eigenvalue weighted by atomic mass is 35.5. The molecule has 0 saturated carbocycles. The third-order valence-corrected chi connectivity index (χ3v) is 9.96. The summed E-state index contributed by atoms with van der Waals surface area (Å²) < 4.78 is 23.9. The van der Waals surface area contributed by atoms with Crippen LogP contribution < -0.4 is 10.6 Å². The Kier molecular flexibility index (Phi) is 9.93. The Morgan fingerprint density at radius 3 is 2.49 bits per heavy atom. The zero-order chi connectivity index (χ0) is 34.0.